The monoisotopic (exact) mass is 164 g/mol. The summed E-state index contributed by atoms with van der Waals surface area (Å²) in [6, 6.07) is 4.13. The fraction of sp³-hybridized carbons (Fsp3) is 0.125. The van der Waals surface area contributed by atoms with Gasteiger partial charge in [0.25, 0.3) is 6.04 Å². The molecule has 0 spiro atoms. The van der Waals surface area contributed by atoms with E-state index in [9.17, 15) is 10.1 Å². The minimum atomic E-state index is -0.897. The normalized spacial score (nSPS) is 12.0. The first-order chi connectivity index (χ1) is 5.75. The molecule has 1 unspecified atom stereocenters. The van der Waals surface area contributed by atoms with Crippen molar-refractivity contribution in [1.29, 1.82) is 0 Å². The third kappa shape index (κ3) is 1.66. The summed E-state index contributed by atoms with van der Waals surface area (Å²) in [5.41, 5.74) is 0.414. The molecule has 0 bridgehead atoms. The molecule has 0 fully saturated rings. The summed E-state index contributed by atoms with van der Waals surface area (Å²) in [4.78, 5) is 13.9. The van der Waals surface area contributed by atoms with Gasteiger partial charge >= 0.3 is 0 Å². The van der Waals surface area contributed by atoms with Gasteiger partial charge in [-0.1, -0.05) is 12.6 Å². The van der Waals surface area contributed by atoms with Crippen molar-refractivity contribution >= 4 is 0 Å². The van der Waals surface area contributed by atoms with Crippen LogP contribution in [0.15, 0.2) is 37.1 Å². The molecular weight excluding hydrogens is 156 g/mol. The molecule has 0 aromatic carbocycles. The van der Waals surface area contributed by atoms with E-state index in [1.807, 2.05) is 0 Å². The lowest BCUT2D eigenvalue weighted by Crippen LogP contribution is -2.08. The molecule has 12 heavy (non-hydrogen) atoms. The Morgan fingerprint density at radius 3 is 2.83 bits per heavy atom. The molecule has 1 atom stereocenters. The first-order valence-corrected chi connectivity index (χ1v) is 3.42. The molecule has 1 rings (SSSR count). The standard InChI is InChI=1S/C8H8N2O2/c1-2-8(10(11)12)7-5-3-4-6-9-7/h2-6,8H,1H2. The van der Waals surface area contributed by atoms with E-state index in [1.54, 1.807) is 18.2 Å². The van der Waals surface area contributed by atoms with Crippen LogP contribution in [0.1, 0.15) is 11.7 Å². The highest BCUT2D eigenvalue weighted by atomic mass is 16.6. The van der Waals surface area contributed by atoms with E-state index < -0.39 is 11.0 Å². The zero-order chi connectivity index (χ0) is 8.97. The van der Waals surface area contributed by atoms with Crippen molar-refractivity contribution in [2.75, 3.05) is 0 Å². The third-order valence-corrected chi connectivity index (χ3v) is 1.44. The zero-order valence-electron chi connectivity index (χ0n) is 6.38. The number of hydrogen-bond acceptors (Lipinski definition) is 3. The third-order valence-electron chi connectivity index (χ3n) is 1.44. The van der Waals surface area contributed by atoms with E-state index >= 15 is 0 Å². The highest BCUT2D eigenvalue weighted by Crippen LogP contribution is 2.13. The SMILES string of the molecule is C=CC(c1ccccn1)[N+](=O)[O-]. The van der Waals surface area contributed by atoms with Crippen LogP contribution in [0.25, 0.3) is 0 Å². The molecule has 62 valence electrons. The quantitative estimate of drug-likeness (QED) is 0.387. The molecule has 0 saturated heterocycles. The molecule has 0 aliphatic heterocycles. The van der Waals surface area contributed by atoms with Crippen LogP contribution in [0.4, 0.5) is 0 Å². The van der Waals surface area contributed by atoms with Crippen molar-refractivity contribution in [2.24, 2.45) is 0 Å². The second-order valence-corrected chi connectivity index (χ2v) is 2.22. The van der Waals surface area contributed by atoms with Crippen molar-refractivity contribution in [3.8, 4) is 0 Å². The van der Waals surface area contributed by atoms with Gasteiger partial charge in [-0.2, -0.15) is 0 Å². The molecule has 0 radical (unpaired) electrons. The Kier molecular flexibility index (Phi) is 2.53. The van der Waals surface area contributed by atoms with Crippen LogP contribution in [-0.2, 0) is 0 Å². The van der Waals surface area contributed by atoms with Crippen LogP contribution in [0.5, 0.6) is 0 Å². The Hall–Kier alpha value is -1.71. The summed E-state index contributed by atoms with van der Waals surface area (Å²) in [6.45, 7) is 3.38. The molecule has 1 aromatic heterocycles. The molecule has 4 heteroatoms. The Morgan fingerprint density at radius 1 is 1.67 bits per heavy atom. The lowest BCUT2D eigenvalue weighted by Gasteiger charge is -2.01. The summed E-state index contributed by atoms with van der Waals surface area (Å²) < 4.78 is 0. The predicted octanol–water partition coefficient (Wildman–Crippen LogP) is 1.59. The highest BCUT2D eigenvalue weighted by molar-refractivity contribution is 5.10. The van der Waals surface area contributed by atoms with Gasteiger partial charge in [0.2, 0.25) is 0 Å². The molecule has 0 amide bonds. The van der Waals surface area contributed by atoms with E-state index in [2.05, 4.69) is 11.6 Å². The maximum atomic E-state index is 10.4. The van der Waals surface area contributed by atoms with E-state index in [0.29, 0.717) is 5.69 Å². The summed E-state index contributed by atoms with van der Waals surface area (Å²) in [5.74, 6) is 0. The lowest BCUT2D eigenvalue weighted by molar-refractivity contribution is -0.516. The van der Waals surface area contributed by atoms with Crippen LogP contribution in [0, 0.1) is 10.1 Å². The predicted molar refractivity (Wildman–Crippen MR) is 44.2 cm³/mol. The van der Waals surface area contributed by atoms with Crippen molar-refractivity contribution in [1.82, 2.24) is 4.98 Å². The minimum absolute atomic E-state index is 0.414. The summed E-state index contributed by atoms with van der Waals surface area (Å²) in [7, 11) is 0. The first kappa shape index (κ1) is 8.39. The molecule has 0 aliphatic carbocycles. The van der Waals surface area contributed by atoms with Gasteiger partial charge in [0, 0.05) is 11.1 Å². The molecule has 1 aromatic rings. The van der Waals surface area contributed by atoms with Gasteiger partial charge in [-0.25, -0.2) is 0 Å². The van der Waals surface area contributed by atoms with Crippen molar-refractivity contribution < 1.29 is 4.92 Å². The molecule has 1 heterocycles. The first-order valence-electron chi connectivity index (χ1n) is 3.42. The van der Waals surface area contributed by atoms with Crippen molar-refractivity contribution in [3.05, 3.63) is 52.9 Å². The van der Waals surface area contributed by atoms with Gasteiger partial charge in [-0.15, -0.1) is 0 Å². The van der Waals surface area contributed by atoms with Gasteiger partial charge in [-0.05, 0) is 18.2 Å². The highest BCUT2D eigenvalue weighted by Gasteiger charge is 2.18. The van der Waals surface area contributed by atoms with Crippen LogP contribution in [-0.4, -0.2) is 9.91 Å². The molecule has 0 saturated carbocycles. The Labute approximate surface area is 69.7 Å². The smallest absolute Gasteiger partial charge is 0.263 e. The average molecular weight is 164 g/mol. The van der Waals surface area contributed by atoms with Gasteiger partial charge in [0.1, 0.15) is 5.69 Å². The molecule has 0 aliphatic rings. The van der Waals surface area contributed by atoms with Gasteiger partial charge in [-0.3, -0.25) is 15.1 Å². The second-order valence-electron chi connectivity index (χ2n) is 2.22. The topological polar surface area (TPSA) is 56.0 Å². The number of nitrogens with zero attached hydrogens (tertiary/aromatic N) is 2. The van der Waals surface area contributed by atoms with Crippen LogP contribution < -0.4 is 0 Å². The fourth-order valence-electron chi connectivity index (χ4n) is 0.866. The number of pyridine rings is 1. The molecular formula is C8H8N2O2. The number of rotatable bonds is 3. The number of aromatic nitrogens is 1. The summed E-state index contributed by atoms with van der Waals surface area (Å²) in [5, 5.41) is 10.4. The molecule has 4 nitrogen and oxygen atoms in total. The van der Waals surface area contributed by atoms with Gasteiger partial charge in [0.05, 0.1) is 0 Å². The number of hydrogen-bond donors (Lipinski definition) is 0. The van der Waals surface area contributed by atoms with E-state index in [-0.39, 0.29) is 0 Å². The van der Waals surface area contributed by atoms with Crippen molar-refractivity contribution in [2.45, 2.75) is 6.04 Å². The van der Waals surface area contributed by atoms with E-state index in [1.165, 1.54) is 12.3 Å². The van der Waals surface area contributed by atoms with E-state index in [0.717, 1.165) is 0 Å². The fourth-order valence-corrected chi connectivity index (χ4v) is 0.866. The van der Waals surface area contributed by atoms with Crippen LogP contribution in [0.2, 0.25) is 0 Å². The largest absolute Gasteiger partial charge is 0.272 e. The van der Waals surface area contributed by atoms with Crippen LogP contribution in [0.3, 0.4) is 0 Å². The lowest BCUT2D eigenvalue weighted by atomic mass is 10.2. The Morgan fingerprint density at radius 2 is 2.42 bits per heavy atom. The zero-order valence-corrected chi connectivity index (χ0v) is 6.38. The summed E-state index contributed by atoms with van der Waals surface area (Å²) >= 11 is 0. The number of nitro groups is 1. The van der Waals surface area contributed by atoms with E-state index in [4.69, 9.17) is 0 Å². The Bertz CT molecular complexity index is 284. The Balaban J connectivity index is 2.95. The van der Waals surface area contributed by atoms with Gasteiger partial charge < -0.3 is 0 Å². The van der Waals surface area contributed by atoms with Gasteiger partial charge in [0.15, 0.2) is 0 Å². The average Bonchev–Trinajstić information content (AvgIpc) is 2.07. The second kappa shape index (κ2) is 3.61. The minimum Gasteiger partial charge on any atom is -0.263 e. The van der Waals surface area contributed by atoms with Crippen molar-refractivity contribution in [3.63, 3.8) is 0 Å². The van der Waals surface area contributed by atoms with Crippen LogP contribution >= 0.6 is 0 Å². The summed E-state index contributed by atoms with van der Waals surface area (Å²) in [6.07, 6.45) is 2.79. The maximum Gasteiger partial charge on any atom is 0.272 e. The molecule has 0 N–H and O–H groups in total. The maximum absolute atomic E-state index is 10.4.